The molecule has 0 aliphatic rings. The molecule has 0 aromatic heterocycles. The minimum atomic E-state index is -0.645. The number of carbonyl (C=O) groups is 1. The van der Waals surface area contributed by atoms with E-state index in [1.54, 1.807) is 13.8 Å². The second kappa shape index (κ2) is 6.23. The van der Waals surface area contributed by atoms with Crippen molar-refractivity contribution in [3.05, 3.63) is 11.8 Å². The van der Waals surface area contributed by atoms with Gasteiger partial charge >= 0.3 is 5.97 Å². The van der Waals surface area contributed by atoms with Crippen molar-refractivity contribution in [1.82, 2.24) is 0 Å². The van der Waals surface area contributed by atoms with Gasteiger partial charge in [-0.15, -0.1) is 5.26 Å². The Bertz CT molecular complexity index is 215. The van der Waals surface area contributed by atoms with Gasteiger partial charge in [0.05, 0.1) is 18.4 Å². The average molecular weight is 169 g/mol. The van der Waals surface area contributed by atoms with Gasteiger partial charge in [0, 0.05) is 0 Å². The summed E-state index contributed by atoms with van der Waals surface area (Å²) in [6.45, 7) is 4.08. The lowest BCUT2D eigenvalue weighted by Gasteiger charge is -1.99. The molecule has 0 unspecified atom stereocenters. The van der Waals surface area contributed by atoms with Crippen molar-refractivity contribution in [2.45, 2.75) is 20.3 Å². The third-order valence-electron chi connectivity index (χ3n) is 1.17. The first kappa shape index (κ1) is 10.5. The van der Waals surface area contributed by atoms with Gasteiger partial charge in [-0.1, -0.05) is 6.92 Å². The van der Waals surface area contributed by atoms with Crippen LogP contribution in [0.4, 0.5) is 0 Å². The number of rotatable bonds is 4. The minimum Gasteiger partial charge on any atom is -0.501 e. The maximum atomic E-state index is 10.9. The minimum absolute atomic E-state index is 0.360. The van der Waals surface area contributed by atoms with Gasteiger partial charge in [0.25, 0.3) is 6.26 Å². The molecule has 0 N–H and O–H groups in total. The van der Waals surface area contributed by atoms with Crippen LogP contribution in [-0.2, 0) is 14.3 Å². The molecule has 0 radical (unpaired) electrons. The lowest BCUT2D eigenvalue weighted by molar-refractivity contribution is -0.132. The molecule has 0 saturated heterocycles. The van der Waals surface area contributed by atoms with Gasteiger partial charge in [-0.25, -0.2) is 4.79 Å². The number of nitriles is 1. The highest BCUT2D eigenvalue weighted by atomic mass is 16.5. The van der Waals surface area contributed by atoms with E-state index < -0.39 is 5.97 Å². The average Bonchev–Trinajstić information content (AvgIpc) is 2.06. The monoisotopic (exact) mass is 169 g/mol. The summed E-state index contributed by atoms with van der Waals surface area (Å²) in [5, 5.41) is 8.05. The summed E-state index contributed by atoms with van der Waals surface area (Å²) in [5.74, 6) is -0.645. The third kappa shape index (κ3) is 3.62. The summed E-state index contributed by atoms with van der Waals surface area (Å²) in [6, 6.07) is 0. The number of hydrogen-bond donors (Lipinski definition) is 0. The maximum Gasteiger partial charge on any atom is 0.352 e. The Balaban J connectivity index is 4.15. The van der Waals surface area contributed by atoms with Crippen LogP contribution in [0.1, 0.15) is 20.3 Å². The smallest absolute Gasteiger partial charge is 0.352 e. The molecular formula is C8H11NO3. The molecule has 0 amide bonds. The van der Waals surface area contributed by atoms with Gasteiger partial charge in [-0.05, 0) is 13.3 Å². The first-order valence-corrected chi connectivity index (χ1v) is 3.67. The van der Waals surface area contributed by atoms with Gasteiger partial charge < -0.3 is 9.47 Å². The van der Waals surface area contributed by atoms with Crippen molar-refractivity contribution >= 4 is 5.97 Å². The molecule has 12 heavy (non-hydrogen) atoms. The fraction of sp³-hybridized carbons (Fsp3) is 0.500. The van der Waals surface area contributed by atoms with E-state index in [1.165, 1.54) is 12.5 Å². The highest BCUT2D eigenvalue weighted by molar-refractivity contribution is 5.88. The van der Waals surface area contributed by atoms with Crippen LogP contribution in [0.5, 0.6) is 0 Å². The molecule has 0 heterocycles. The van der Waals surface area contributed by atoms with E-state index in [-0.39, 0.29) is 0 Å². The zero-order chi connectivity index (χ0) is 9.40. The van der Waals surface area contributed by atoms with E-state index in [2.05, 4.69) is 4.74 Å². The normalized spacial score (nSPS) is 10.2. The fourth-order valence-corrected chi connectivity index (χ4v) is 0.567. The van der Waals surface area contributed by atoms with Gasteiger partial charge in [0.1, 0.15) is 0 Å². The van der Waals surface area contributed by atoms with Crippen molar-refractivity contribution < 1.29 is 14.3 Å². The van der Waals surface area contributed by atoms with E-state index in [9.17, 15) is 4.79 Å². The van der Waals surface area contributed by atoms with E-state index in [0.29, 0.717) is 18.6 Å². The molecule has 0 aliphatic carbocycles. The summed E-state index contributed by atoms with van der Waals surface area (Å²) < 4.78 is 8.99. The van der Waals surface area contributed by atoms with Crippen molar-refractivity contribution in [2.24, 2.45) is 0 Å². The molecule has 66 valence electrons. The van der Waals surface area contributed by atoms with Gasteiger partial charge in [-0.2, -0.15) is 0 Å². The Labute approximate surface area is 71.4 Å². The summed E-state index contributed by atoms with van der Waals surface area (Å²) in [6.07, 6.45) is 3.12. The zero-order valence-electron chi connectivity index (χ0n) is 7.16. The Kier molecular flexibility index (Phi) is 5.45. The summed E-state index contributed by atoms with van der Waals surface area (Å²) >= 11 is 0. The molecule has 4 nitrogen and oxygen atoms in total. The van der Waals surface area contributed by atoms with Crippen LogP contribution < -0.4 is 0 Å². The maximum absolute atomic E-state index is 10.9. The van der Waals surface area contributed by atoms with Crippen LogP contribution in [-0.4, -0.2) is 12.6 Å². The molecular weight excluding hydrogens is 158 g/mol. The predicted octanol–water partition coefficient (Wildman–Crippen LogP) is 1.34. The number of esters is 1. The molecule has 0 aromatic carbocycles. The van der Waals surface area contributed by atoms with Crippen LogP contribution >= 0.6 is 0 Å². The van der Waals surface area contributed by atoms with Gasteiger partial charge in [-0.3, -0.25) is 0 Å². The number of carbonyl (C=O) groups excluding carboxylic acids is 1. The topological polar surface area (TPSA) is 59.3 Å². The lowest BCUT2D eigenvalue weighted by Crippen LogP contribution is -2.04. The van der Waals surface area contributed by atoms with Crippen molar-refractivity contribution in [2.75, 3.05) is 6.61 Å². The Morgan fingerprint density at radius 3 is 2.67 bits per heavy atom. The van der Waals surface area contributed by atoms with Crippen molar-refractivity contribution in [1.29, 1.82) is 5.26 Å². The van der Waals surface area contributed by atoms with Crippen molar-refractivity contribution in [3.8, 4) is 6.26 Å². The lowest BCUT2D eigenvalue weighted by atomic mass is 10.2. The molecule has 0 aliphatic heterocycles. The van der Waals surface area contributed by atoms with Gasteiger partial charge in [0.2, 0.25) is 0 Å². The Morgan fingerprint density at radius 2 is 2.25 bits per heavy atom. The van der Waals surface area contributed by atoms with Crippen LogP contribution in [0.2, 0.25) is 0 Å². The molecule has 0 rings (SSSR count). The Hall–Kier alpha value is -1.50. The summed E-state index contributed by atoms with van der Waals surface area (Å²) in [4.78, 5) is 10.9. The number of nitrogens with zero attached hydrogens (tertiary/aromatic N) is 1. The second-order valence-corrected chi connectivity index (χ2v) is 1.93. The standard InChI is InChI=1S/C8H11NO3/c1-3-7(5-11-4-2)8(10)12-6-9/h5H,3-4H2,1-2H3. The highest BCUT2D eigenvalue weighted by Gasteiger charge is 2.08. The summed E-state index contributed by atoms with van der Waals surface area (Å²) in [5.41, 5.74) is 0.360. The van der Waals surface area contributed by atoms with E-state index >= 15 is 0 Å². The van der Waals surface area contributed by atoms with E-state index in [4.69, 9.17) is 10.00 Å². The van der Waals surface area contributed by atoms with E-state index in [0.717, 1.165) is 0 Å². The molecule has 0 saturated carbocycles. The van der Waals surface area contributed by atoms with Crippen LogP contribution in [0.15, 0.2) is 11.8 Å². The van der Waals surface area contributed by atoms with Gasteiger partial charge in [0.15, 0.2) is 0 Å². The third-order valence-corrected chi connectivity index (χ3v) is 1.17. The van der Waals surface area contributed by atoms with E-state index in [1.807, 2.05) is 0 Å². The molecule has 4 heteroatoms. The quantitative estimate of drug-likeness (QED) is 0.276. The molecule has 0 spiro atoms. The SMILES string of the molecule is CCOC=C(CC)C(=O)OC#N. The molecule has 0 aromatic rings. The Morgan fingerprint density at radius 1 is 1.58 bits per heavy atom. The largest absolute Gasteiger partial charge is 0.501 e. The molecule has 0 atom stereocenters. The molecule has 0 bridgehead atoms. The first-order valence-electron chi connectivity index (χ1n) is 3.67. The first-order chi connectivity index (χ1) is 5.76. The second-order valence-electron chi connectivity index (χ2n) is 1.93. The predicted molar refractivity (Wildman–Crippen MR) is 41.7 cm³/mol. The van der Waals surface area contributed by atoms with Crippen LogP contribution in [0, 0.1) is 11.5 Å². The highest BCUT2D eigenvalue weighted by Crippen LogP contribution is 2.03. The molecule has 0 fully saturated rings. The fourth-order valence-electron chi connectivity index (χ4n) is 0.567. The summed E-state index contributed by atoms with van der Waals surface area (Å²) in [7, 11) is 0. The number of ether oxygens (including phenoxy) is 2. The van der Waals surface area contributed by atoms with Crippen LogP contribution in [0.3, 0.4) is 0 Å². The number of hydrogen-bond acceptors (Lipinski definition) is 4. The van der Waals surface area contributed by atoms with Crippen LogP contribution in [0.25, 0.3) is 0 Å². The van der Waals surface area contributed by atoms with Crippen molar-refractivity contribution in [3.63, 3.8) is 0 Å². The zero-order valence-corrected chi connectivity index (χ0v) is 7.16.